The Balaban J connectivity index is 4.76. The van der Waals surface area contributed by atoms with Crippen molar-refractivity contribution >= 4 is 28.8 Å². The Morgan fingerprint density at radius 2 is 1.68 bits per heavy atom. The van der Waals surface area contributed by atoms with Crippen LogP contribution in [0.15, 0.2) is 0 Å². The van der Waals surface area contributed by atoms with Crippen molar-refractivity contribution in [1.82, 2.24) is 0 Å². The Morgan fingerprint density at radius 1 is 1.18 bits per heavy atom. The average Bonchev–Trinajstić information content (AvgIpc) is 2.36. The van der Waals surface area contributed by atoms with Gasteiger partial charge in [-0.2, -0.15) is 8.42 Å². The van der Waals surface area contributed by atoms with E-state index in [0.717, 1.165) is 0 Å². The van der Waals surface area contributed by atoms with Crippen molar-refractivity contribution in [3.05, 3.63) is 0 Å². The first-order chi connectivity index (χ1) is 9.99. The molecule has 0 spiro atoms. The molecule has 0 aromatic carbocycles. The number of hydrogen-bond donors (Lipinski definition) is 1. The van der Waals surface area contributed by atoms with Crippen LogP contribution in [0, 0.1) is 0 Å². The van der Waals surface area contributed by atoms with E-state index in [1.807, 2.05) is 0 Å². The minimum atomic E-state index is -3.88. The van der Waals surface area contributed by atoms with Gasteiger partial charge in [0.05, 0.1) is 36.5 Å². The fraction of sp³-hybridized carbons (Fsp3) is 1.00. The van der Waals surface area contributed by atoms with Crippen LogP contribution in [0.4, 0.5) is 0 Å². The molecule has 0 saturated carbocycles. The molecular weight excluding hydrogens is 355 g/mol. The molecule has 134 valence electrons. The lowest BCUT2D eigenvalue weighted by molar-refractivity contribution is 0.181. The average molecular weight is 380 g/mol. The zero-order valence-electron chi connectivity index (χ0n) is 13.3. The maximum atomic E-state index is 12.7. The highest BCUT2D eigenvalue weighted by Gasteiger charge is 2.44. The number of rotatable bonds is 12. The van der Waals surface area contributed by atoms with Gasteiger partial charge in [-0.1, -0.05) is 0 Å². The molecule has 0 saturated heterocycles. The molecule has 1 N–H and O–H groups in total. The topological polar surface area (TPSA) is 116 Å². The Hall–Kier alpha value is 0.170. The lowest BCUT2D eigenvalue weighted by atomic mass is 10.2. The first kappa shape index (κ1) is 22.2. The third-order valence-corrected chi connectivity index (χ3v) is 7.36. The molecular formula is C11H25O8PS2. The van der Waals surface area contributed by atoms with Gasteiger partial charge in [0.2, 0.25) is 0 Å². The second-order valence-corrected chi connectivity index (χ2v) is 10.6. The smallest absolute Gasteiger partial charge is 0.308 e. The molecule has 1 unspecified atom stereocenters. The Kier molecular flexibility index (Phi) is 9.54. The standard InChI is InChI=1S/C11H25O8PS2/c1-5-17-20(12,18-6-2)11(3,4)10-19-22(15,16)9-7-8-21(13)14/h5-10H2,1-4H3,(H,13,14). The minimum Gasteiger partial charge on any atom is -0.308 e. The second-order valence-electron chi connectivity index (χ2n) is 5.05. The van der Waals surface area contributed by atoms with Gasteiger partial charge in [-0.05, 0) is 34.1 Å². The summed E-state index contributed by atoms with van der Waals surface area (Å²) in [5, 5.41) is -1.15. The third kappa shape index (κ3) is 7.63. The molecule has 1 atom stereocenters. The van der Waals surface area contributed by atoms with Gasteiger partial charge in [0.15, 0.2) is 11.1 Å². The summed E-state index contributed by atoms with van der Waals surface area (Å²) in [6, 6.07) is 0. The van der Waals surface area contributed by atoms with Gasteiger partial charge in [0.1, 0.15) is 0 Å². The van der Waals surface area contributed by atoms with Gasteiger partial charge in [-0.3, -0.25) is 8.75 Å². The van der Waals surface area contributed by atoms with Crippen LogP contribution in [0.5, 0.6) is 0 Å². The summed E-state index contributed by atoms with van der Waals surface area (Å²) in [4.78, 5) is 0. The van der Waals surface area contributed by atoms with Crippen LogP contribution in [0.3, 0.4) is 0 Å². The van der Waals surface area contributed by atoms with Gasteiger partial charge in [-0.25, -0.2) is 4.21 Å². The van der Waals surface area contributed by atoms with Crippen molar-refractivity contribution in [2.45, 2.75) is 39.3 Å². The molecule has 0 bridgehead atoms. The quantitative estimate of drug-likeness (QED) is 0.310. The minimum absolute atomic E-state index is 0.000450. The van der Waals surface area contributed by atoms with Crippen molar-refractivity contribution in [3.63, 3.8) is 0 Å². The lowest BCUT2D eigenvalue weighted by Crippen LogP contribution is -2.31. The van der Waals surface area contributed by atoms with Gasteiger partial charge in [0, 0.05) is 0 Å². The fourth-order valence-electron chi connectivity index (χ4n) is 1.46. The van der Waals surface area contributed by atoms with Crippen LogP contribution in [-0.4, -0.2) is 53.7 Å². The molecule has 0 rings (SSSR count). The van der Waals surface area contributed by atoms with E-state index in [0.29, 0.717) is 0 Å². The molecule has 0 amide bonds. The Labute approximate surface area is 134 Å². The predicted molar refractivity (Wildman–Crippen MR) is 84.9 cm³/mol. The first-order valence-corrected chi connectivity index (χ1v) is 11.2. The van der Waals surface area contributed by atoms with Crippen LogP contribution in [-0.2, 0) is 39.0 Å². The van der Waals surface area contributed by atoms with E-state index in [2.05, 4.69) is 0 Å². The predicted octanol–water partition coefficient (Wildman–Crippen LogP) is 1.99. The van der Waals surface area contributed by atoms with E-state index in [9.17, 15) is 17.2 Å². The van der Waals surface area contributed by atoms with E-state index in [1.54, 1.807) is 13.8 Å². The van der Waals surface area contributed by atoms with Crippen molar-refractivity contribution in [2.24, 2.45) is 0 Å². The molecule has 0 radical (unpaired) electrons. The lowest BCUT2D eigenvalue weighted by Gasteiger charge is -2.32. The van der Waals surface area contributed by atoms with E-state index >= 15 is 0 Å². The molecule has 0 aromatic heterocycles. The molecule has 0 heterocycles. The summed E-state index contributed by atoms with van der Waals surface area (Å²) in [6.45, 7) is 6.36. The zero-order valence-corrected chi connectivity index (χ0v) is 15.8. The van der Waals surface area contributed by atoms with E-state index in [1.165, 1.54) is 13.8 Å². The maximum absolute atomic E-state index is 12.7. The van der Waals surface area contributed by atoms with Gasteiger partial charge < -0.3 is 13.6 Å². The maximum Gasteiger partial charge on any atom is 0.338 e. The summed E-state index contributed by atoms with van der Waals surface area (Å²) in [7, 11) is -7.41. The molecule has 0 fully saturated rings. The molecule has 0 aliphatic carbocycles. The van der Waals surface area contributed by atoms with Crippen LogP contribution < -0.4 is 0 Å². The largest absolute Gasteiger partial charge is 0.338 e. The molecule has 0 aromatic rings. The van der Waals surface area contributed by atoms with Crippen LogP contribution in [0.25, 0.3) is 0 Å². The second kappa shape index (κ2) is 9.46. The van der Waals surface area contributed by atoms with Crippen molar-refractivity contribution in [2.75, 3.05) is 31.3 Å². The van der Waals surface area contributed by atoms with E-state index < -0.39 is 34.0 Å². The fourth-order valence-corrected chi connectivity index (χ4v) is 4.89. The highest BCUT2D eigenvalue weighted by Crippen LogP contribution is 2.59. The van der Waals surface area contributed by atoms with Gasteiger partial charge in [-0.15, -0.1) is 0 Å². The first-order valence-electron chi connectivity index (χ1n) is 6.83. The summed E-state index contributed by atoms with van der Waals surface area (Å²) in [6.07, 6.45) is 0.000450. The normalized spacial score (nSPS) is 15.0. The monoisotopic (exact) mass is 380 g/mol. The summed E-state index contributed by atoms with van der Waals surface area (Å²) in [5.74, 6) is -0.536. The third-order valence-electron chi connectivity index (χ3n) is 2.64. The molecule has 11 heteroatoms. The Morgan fingerprint density at radius 3 is 2.09 bits per heavy atom. The van der Waals surface area contributed by atoms with Crippen LogP contribution in [0.1, 0.15) is 34.1 Å². The molecule has 0 aliphatic rings. The van der Waals surface area contributed by atoms with Gasteiger partial charge >= 0.3 is 7.60 Å². The van der Waals surface area contributed by atoms with Gasteiger partial charge in [0.25, 0.3) is 10.1 Å². The van der Waals surface area contributed by atoms with E-state index in [4.69, 9.17) is 17.8 Å². The highest BCUT2D eigenvalue weighted by molar-refractivity contribution is 7.86. The van der Waals surface area contributed by atoms with Crippen LogP contribution >= 0.6 is 7.60 Å². The molecule has 8 nitrogen and oxygen atoms in total. The summed E-state index contributed by atoms with van der Waals surface area (Å²) >= 11 is -2.05. The zero-order chi connectivity index (χ0) is 17.4. The number of hydrogen-bond acceptors (Lipinski definition) is 7. The van der Waals surface area contributed by atoms with Crippen molar-refractivity contribution in [1.29, 1.82) is 0 Å². The van der Waals surface area contributed by atoms with Crippen molar-refractivity contribution < 1.29 is 35.0 Å². The van der Waals surface area contributed by atoms with E-state index in [-0.39, 0.29) is 37.7 Å². The SMILES string of the molecule is CCOP(=O)(OCC)C(C)(C)COS(=O)(=O)CCCS(=O)O. The van der Waals surface area contributed by atoms with Crippen LogP contribution in [0.2, 0.25) is 0 Å². The highest BCUT2D eigenvalue weighted by atomic mass is 32.2. The van der Waals surface area contributed by atoms with Crippen molar-refractivity contribution in [3.8, 4) is 0 Å². The molecule has 22 heavy (non-hydrogen) atoms. The Bertz CT molecular complexity index is 492. The molecule has 0 aliphatic heterocycles. The summed E-state index contributed by atoms with van der Waals surface area (Å²) < 4.78 is 70.5. The summed E-state index contributed by atoms with van der Waals surface area (Å²) in [5.41, 5.74) is 0.